The summed E-state index contributed by atoms with van der Waals surface area (Å²) in [5.74, 6) is -0.431. The molecule has 0 radical (unpaired) electrons. The lowest BCUT2D eigenvalue weighted by Crippen LogP contribution is -2.10. The van der Waals surface area contributed by atoms with Crippen molar-refractivity contribution in [1.82, 2.24) is 4.98 Å². The van der Waals surface area contributed by atoms with Crippen molar-refractivity contribution in [2.75, 3.05) is 11.9 Å². The largest absolute Gasteiger partial charge is 0.461 e. The van der Waals surface area contributed by atoms with E-state index >= 15 is 0 Å². The maximum Gasteiger partial charge on any atom is 0.355 e. The average Bonchev–Trinajstić information content (AvgIpc) is 3.14. The zero-order chi connectivity index (χ0) is 17.4. The van der Waals surface area contributed by atoms with Crippen LogP contribution >= 0.6 is 0 Å². The van der Waals surface area contributed by atoms with Crippen LogP contribution < -0.4 is 5.32 Å². The van der Waals surface area contributed by atoms with E-state index in [9.17, 15) is 9.59 Å². The van der Waals surface area contributed by atoms with Crippen LogP contribution in [-0.4, -0.2) is 23.5 Å². The van der Waals surface area contributed by atoms with E-state index in [4.69, 9.17) is 4.74 Å². The number of benzene rings is 1. The van der Waals surface area contributed by atoms with Crippen molar-refractivity contribution >= 4 is 29.2 Å². The molecular formula is C20H20N2O3. The third-order valence-corrected chi connectivity index (χ3v) is 4.83. The van der Waals surface area contributed by atoms with Gasteiger partial charge in [-0.3, -0.25) is 4.79 Å². The number of nitrogens with one attached hydrogen (secondary N) is 2. The van der Waals surface area contributed by atoms with Gasteiger partial charge < -0.3 is 15.0 Å². The Morgan fingerprint density at radius 2 is 1.96 bits per heavy atom. The number of aromatic amines is 1. The van der Waals surface area contributed by atoms with Gasteiger partial charge in [0.25, 0.3) is 5.91 Å². The van der Waals surface area contributed by atoms with E-state index in [1.54, 1.807) is 6.92 Å². The Hall–Kier alpha value is -2.82. The molecule has 1 aliphatic heterocycles. The third kappa shape index (κ3) is 2.65. The molecule has 2 heterocycles. The van der Waals surface area contributed by atoms with Gasteiger partial charge >= 0.3 is 5.97 Å². The van der Waals surface area contributed by atoms with Gasteiger partial charge in [0.05, 0.1) is 12.2 Å². The maximum atomic E-state index is 12.4. The Kier molecular flexibility index (Phi) is 3.92. The van der Waals surface area contributed by atoms with E-state index in [1.807, 2.05) is 30.3 Å². The zero-order valence-corrected chi connectivity index (χ0v) is 14.1. The van der Waals surface area contributed by atoms with E-state index in [1.165, 1.54) is 0 Å². The standard InChI is InChI=1S/C20H20N2O3/c1-2-25-20(24)18-14-9-4-3-7-12(14)17(21-18)11-15-13-8-5-6-10-16(13)22-19(15)23/h5-6,8,10-11,21H,2-4,7,9H2,1H3,(H,22,23). The molecule has 4 rings (SSSR count). The molecule has 2 aliphatic rings. The summed E-state index contributed by atoms with van der Waals surface area (Å²) in [6.07, 6.45) is 5.80. The molecule has 0 bridgehead atoms. The van der Waals surface area contributed by atoms with Crippen molar-refractivity contribution in [3.8, 4) is 0 Å². The lowest BCUT2D eigenvalue weighted by Gasteiger charge is -2.13. The van der Waals surface area contributed by atoms with Crippen molar-refractivity contribution in [1.29, 1.82) is 0 Å². The molecule has 25 heavy (non-hydrogen) atoms. The molecule has 0 unspecified atom stereocenters. The number of H-pyrrole nitrogens is 1. The molecule has 128 valence electrons. The lowest BCUT2D eigenvalue weighted by atomic mass is 9.91. The maximum absolute atomic E-state index is 12.4. The summed E-state index contributed by atoms with van der Waals surface area (Å²) < 4.78 is 5.18. The van der Waals surface area contributed by atoms with Crippen molar-refractivity contribution in [3.63, 3.8) is 0 Å². The molecule has 5 nitrogen and oxygen atoms in total. The summed E-state index contributed by atoms with van der Waals surface area (Å²) >= 11 is 0. The third-order valence-electron chi connectivity index (χ3n) is 4.83. The number of para-hydroxylation sites is 1. The first-order valence-corrected chi connectivity index (χ1v) is 8.72. The molecule has 0 atom stereocenters. The van der Waals surface area contributed by atoms with E-state index in [2.05, 4.69) is 10.3 Å². The number of carbonyl (C=O) groups is 2. The number of fused-ring (bicyclic) bond motifs is 2. The summed E-state index contributed by atoms with van der Waals surface area (Å²) in [7, 11) is 0. The molecule has 1 amide bonds. The number of esters is 1. The number of ether oxygens (including phenoxy) is 1. The highest BCUT2D eigenvalue weighted by atomic mass is 16.5. The number of rotatable bonds is 3. The number of amides is 1. The first-order chi connectivity index (χ1) is 12.2. The topological polar surface area (TPSA) is 71.2 Å². The quantitative estimate of drug-likeness (QED) is 0.665. The van der Waals surface area contributed by atoms with Gasteiger partial charge in [0.1, 0.15) is 5.69 Å². The number of aromatic nitrogens is 1. The van der Waals surface area contributed by atoms with E-state index < -0.39 is 0 Å². The molecule has 0 fully saturated rings. The minimum Gasteiger partial charge on any atom is -0.461 e. The molecule has 1 aromatic heterocycles. The predicted octanol–water partition coefficient (Wildman–Crippen LogP) is 3.56. The van der Waals surface area contributed by atoms with Crippen LogP contribution in [0.15, 0.2) is 24.3 Å². The van der Waals surface area contributed by atoms with Gasteiger partial charge in [-0.05, 0) is 55.9 Å². The average molecular weight is 336 g/mol. The monoisotopic (exact) mass is 336 g/mol. The number of hydrogen-bond acceptors (Lipinski definition) is 3. The minimum absolute atomic E-state index is 0.113. The van der Waals surface area contributed by atoms with Crippen molar-refractivity contribution in [3.05, 3.63) is 52.3 Å². The molecule has 1 aromatic carbocycles. The fourth-order valence-electron chi connectivity index (χ4n) is 3.69. The molecular weight excluding hydrogens is 316 g/mol. The van der Waals surface area contributed by atoms with Crippen molar-refractivity contribution in [2.45, 2.75) is 32.6 Å². The smallest absolute Gasteiger partial charge is 0.355 e. The van der Waals surface area contributed by atoms with Crippen LogP contribution in [-0.2, 0) is 22.4 Å². The summed E-state index contributed by atoms with van der Waals surface area (Å²) in [5, 5.41) is 2.88. The van der Waals surface area contributed by atoms with Crippen LogP contribution in [0.1, 0.15) is 52.6 Å². The van der Waals surface area contributed by atoms with Gasteiger partial charge in [-0.2, -0.15) is 0 Å². The molecule has 2 N–H and O–H groups in total. The molecule has 0 saturated carbocycles. The Labute approximate surface area is 146 Å². The number of hydrogen-bond donors (Lipinski definition) is 2. The summed E-state index contributed by atoms with van der Waals surface area (Å²) in [4.78, 5) is 27.9. The van der Waals surface area contributed by atoms with Crippen LogP contribution in [0, 0.1) is 0 Å². The van der Waals surface area contributed by atoms with Crippen LogP contribution in [0.3, 0.4) is 0 Å². The van der Waals surface area contributed by atoms with Gasteiger partial charge in [0, 0.05) is 16.9 Å². The van der Waals surface area contributed by atoms with Gasteiger partial charge in [0.2, 0.25) is 0 Å². The Morgan fingerprint density at radius 1 is 1.20 bits per heavy atom. The lowest BCUT2D eigenvalue weighted by molar-refractivity contribution is -0.110. The first kappa shape index (κ1) is 15.7. The fraction of sp³-hybridized carbons (Fsp3) is 0.300. The second-order valence-electron chi connectivity index (χ2n) is 6.36. The van der Waals surface area contributed by atoms with Crippen LogP contribution in [0.5, 0.6) is 0 Å². The number of anilines is 1. The Balaban J connectivity index is 1.81. The highest BCUT2D eigenvalue weighted by molar-refractivity contribution is 6.34. The molecule has 0 saturated heterocycles. The molecule has 1 aliphatic carbocycles. The second-order valence-corrected chi connectivity index (χ2v) is 6.36. The van der Waals surface area contributed by atoms with E-state index in [-0.39, 0.29) is 11.9 Å². The van der Waals surface area contributed by atoms with Gasteiger partial charge in [-0.15, -0.1) is 0 Å². The second kappa shape index (κ2) is 6.24. The van der Waals surface area contributed by atoms with Gasteiger partial charge in [-0.25, -0.2) is 4.79 Å². The highest BCUT2D eigenvalue weighted by Gasteiger charge is 2.27. The van der Waals surface area contributed by atoms with Crippen molar-refractivity contribution in [2.24, 2.45) is 0 Å². The normalized spacial score (nSPS) is 17.2. The van der Waals surface area contributed by atoms with Crippen LogP contribution in [0.4, 0.5) is 5.69 Å². The number of carbonyl (C=O) groups excluding carboxylic acids is 2. The van der Waals surface area contributed by atoms with Crippen LogP contribution in [0.25, 0.3) is 11.6 Å². The van der Waals surface area contributed by atoms with E-state index in [0.29, 0.717) is 17.9 Å². The minimum atomic E-state index is -0.318. The zero-order valence-electron chi connectivity index (χ0n) is 14.1. The fourth-order valence-corrected chi connectivity index (χ4v) is 3.69. The first-order valence-electron chi connectivity index (χ1n) is 8.72. The molecule has 2 aromatic rings. The summed E-state index contributed by atoms with van der Waals surface area (Å²) in [5.41, 5.74) is 5.91. The SMILES string of the molecule is CCOC(=O)c1[nH]c(C=C2C(=O)Nc3ccccc32)c2c1CCCC2. The Bertz CT molecular complexity index is 892. The summed E-state index contributed by atoms with van der Waals surface area (Å²) in [6.45, 7) is 2.15. The van der Waals surface area contributed by atoms with Crippen molar-refractivity contribution < 1.29 is 14.3 Å². The van der Waals surface area contributed by atoms with Gasteiger partial charge in [-0.1, -0.05) is 18.2 Å². The highest BCUT2D eigenvalue weighted by Crippen LogP contribution is 2.35. The molecule has 5 heteroatoms. The van der Waals surface area contributed by atoms with Crippen LogP contribution in [0.2, 0.25) is 0 Å². The summed E-state index contributed by atoms with van der Waals surface area (Å²) in [6, 6.07) is 7.64. The Morgan fingerprint density at radius 3 is 2.76 bits per heavy atom. The molecule has 0 spiro atoms. The predicted molar refractivity (Wildman–Crippen MR) is 96.3 cm³/mol. The van der Waals surface area contributed by atoms with E-state index in [0.717, 1.165) is 53.8 Å². The van der Waals surface area contributed by atoms with Gasteiger partial charge in [0.15, 0.2) is 0 Å².